The molecule has 0 atom stereocenters. The van der Waals surface area contributed by atoms with E-state index >= 15 is 0 Å². The summed E-state index contributed by atoms with van der Waals surface area (Å²) in [6.45, 7) is 0. The maximum Gasteiger partial charge on any atom is 0.224 e. The molecular weight excluding hydrogens is 410 g/mol. The van der Waals surface area contributed by atoms with Gasteiger partial charge in [0.25, 0.3) is 0 Å². The van der Waals surface area contributed by atoms with Crippen molar-refractivity contribution in [2.24, 2.45) is 0 Å². The highest BCUT2D eigenvalue weighted by atomic mass is 35.5. The summed E-state index contributed by atoms with van der Waals surface area (Å²) in [4.78, 5) is 18.4. The maximum atomic E-state index is 12.8. The number of halogens is 1. The molecule has 1 aromatic heterocycles. The van der Waals surface area contributed by atoms with Gasteiger partial charge in [0.2, 0.25) is 5.91 Å². The quantitative estimate of drug-likeness (QED) is 0.585. The van der Waals surface area contributed by atoms with E-state index < -0.39 is 0 Å². The summed E-state index contributed by atoms with van der Waals surface area (Å²) in [6.07, 6.45) is 6.36. The van der Waals surface area contributed by atoms with E-state index in [9.17, 15) is 4.79 Å². The zero-order chi connectivity index (χ0) is 21.1. The number of aromatic amines is 1. The van der Waals surface area contributed by atoms with Gasteiger partial charge in [-0.3, -0.25) is 9.69 Å². The van der Waals surface area contributed by atoms with Crippen molar-refractivity contribution in [3.63, 3.8) is 0 Å². The number of ether oxygens (including phenoxy) is 1. The van der Waals surface area contributed by atoms with Crippen LogP contribution in [0, 0.1) is 0 Å². The third kappa shape index (κ3) is 4.73. The Morgan fingerprint density at radius 3 is 2.52 bits per heavy atom. The fourth-order valence-corrected chi connectivity index (χ4v) is 4.86. The van der Waals surface area contributed by atoms with Crippen molar-refractivity contribution in [1.29, 1.82) is 0 Å². The SMILES string of the molecule is COc1ccc2[nH]cc(CC(=O)NC3CCC(c4ccccc4)(N(C)C)CC3)c2c1.Cl. The molecule has 3 aromatic rings. The first kappa shape index (κ1) is 23.2. The average Bonchev–Trinajstić information content (AvgIpc) is 3.16. The molecule has 0 unspecified atom stereocenters. The molecule has 31 heavy (non-hydrogen) atoms. The molecule has 1 aliphatic carbocycles. The lowest BCUT2D eigenvalue weighted by Gasteiger charge is -2.45. The van der Waals surface area contributed by atoms with Gasteiger partial charge in [-0.25, -0.2) is 0 Å². The lowest BCUT2D eigenvalue weighted by Crippen LogP contribution is -2.48. The molecule has 1 amide bonds. The summed E-state index contributed by atoms with van der Waals surface area (Å²) in [7, 11) is 5.99. The molecule has 6 heteroatoms. The molecule has 1 heterocycles. The Hall–Kier alpha value is -2.50. The van der Waals surface area contributed by atoms with Crippen molar-refractivity contribution in [2.75, 3.05) is 21.2 Å². The van der Waals surface area contributed by atoms with Crippen molar-refractivity contribution in [3.8, 4) is 5.75 Å². The normalized spacial score (nSPS) is 21.0. The van der Waals surface area contributed by atoms with Gasteiger partial charge in [0.05, 0.1) is 13.5 Å². The number of carbonyl (C=O) groups is 1. The molecule has 0 bridgehead atoms. The van der Waals surface area contributed by atoms with Crippen LogP contribution in [0.15, 0.2) is 54.7 Å². The number of rotatable bonds is 6. The second kappa shape index (κ2) is 9.75. The summed E-state index contributed by atoms with van der Waals surface area (Å²) in [6, 6.07) is 16.9. The third-order valence-corrected chi connectivity index (χ3v) is 6.67. The number of methoxy groups -OCH3 is 1. The van der Waals surface area contributed by atoms with Gasteiger partial charge in [0.15, 0.2) is 0 Å². The zero-order valence-corrected chi connectivity index (χ0v) is 19.3. The van der Waals surface area contributed by atoms with E-state index in [1.54, 1.807) is 7.11 Å². The van der Waals surface area contributed by atoms with Crippen molar-refractivity contribution in [3.05, 3.63) is 65.9 Å². The van der Waals surface area contributed by atoms with Gasteiger partial charge < -0.3 is 15.0 Å². The third-order valence-electron chi connectivity index (χ3n) is 6.67. The Balaban J connectivity index is 0.00000272. The second-order valence-electron chi connectivity index (χ2n) is 8.54. The first-order valence-electron chi connectivity index (χ1n) is 10.7. The molecule has 2 aromatic carbocycles. The number of benzene rings is 2. The van der Waals surface area contributed by atoms with Crippen LogP contribution in [0.2, 0.25) is 0 Å². The molecule has 0 aliphatic heterocycles. The van der Waals surface area contributed by atoms with Gasteiger partial charge >= 0.3 is 0 Å². The number of nitrogens with zero attached hydrogens (tertiary/aromatic N) is 1. The number of aromatic nitrogens is 1. The number of amides is 1. The van der Waals surface area contributed by atoms with Crippen molar-refractivity contribution < 1.29 is 9.53 Å². The van der Waals surface area contributed by atoms with Gasteiger partial charge in [-0.05, 0) is 69.1 Å². The minimum absolute atomic E-state index is 0. The molecule has 166 valence electrons. The van der Waals surface area contributed by atoms with E-state index in [1.165, 1.54) is 5.56 Å². The largest absolute Gasteiger partial charge is 0.497 e. The van der Waals surface area contributed by atoms with E-state index in [0.717, 1.165) is 47.9 Å². The van der Waals surface area contributed by atoms with Crippen LogP contribution < -0.4 is 10.1 Å². The van der Waals surface area contributed by atoms with Crippen LogP contribution in [0.5, 0.6) is 5.75 Å². The number of nitrogens with one attached hydrogen (secondary N) is 2. The van der Waals surface area contributed by atoms with Crippen molar-refractivity contribution >= 4 is 29.2 Å². The summed E-state index contributed by atoms with van der Waals surface area (Å²) >= 11 is 0. The molecule has 4 rings (SSSR count). The van der Waals surface area contributed by atoms with E-state index in [-0.39, 0.29) is 29.9 Å². The highest BCUT2D eigenvalue weighted by molar-refractivity contribution is 5.89. The Morgan fingerprint density at radius 2 is 1.87 bits per heavy atom. The summed E-state index contributed by atoms with van der Waals surface area (Å²) < 4.78 is 5.33. The lowest BCUT2D eigenvalue weighted by atomic mass is 9.74. The summed E-state index contributed by atoms with van der Waals surface area (Å²) in [5.41, 5.74) is 3.45. The Bertz CT molecular complexity index is 1010. The lowest BCUT2D eigenvalue weighted by molar-refractivity contribution is -0.121. The first-order chi connectivity index (χ1) is 14.5. The maximum absolute atomic E-state index is 12.8. The fraction of sp³-hybridized carbons (Fsp3) is 0.400. The van der Waals surface area contributed by atoms with E-state index in [4.69, 9.17) is 4.74 Å². The van der Waals surface area contributed by atoms with Crippen molar-refractivity contribution in [1.82, 2.24) is 15.2 Å². The van der Waals surface area contributed by atoms with Crippen LogP contribution in [-0.4, -0.2) is 43.0 Å². The van der Waals surface area contributed by atoms with E-state index in [0.29, 0.717) is 6.42 Å². The van der Waals surface area contributed by atoms with Gasteiger partial charge in [-0.2, -0.15) is 0 Å². The second-order valence-corrected chi connectivity index (χ2v) is 8.54. The zero-order valence-electron chi connectivity index (χ0n) is 18.5. The van der Waals surface area contributed by atoms with Gasteiger partial charge in [-0.15, -0.1) is 12.4 Å². The van der Waals surface area contributed by atoms with E-state index in [1.807, 2.05) is 24.4 Å². The molecule has 1 saturated carbocycles. The number of H-pyrrole nitrogens is 1. The van der Waals surface area contributed by atoms with E-state index in [2.05, 4.69) is 59.6 Å². The highest BCUT2D eigenvalue weighted by Gasteiger charge is 2.38. The van der Waals surface area contributed by atoms with Gasteiger partial charge in [0, 0.05) is 28.7 Å². The Morgan fingerprint density at radius 1 is 1.16 bits per heavy atom. The van der Waals surface area contributed by atoms with Crippen LogP contribution in [-0.2, 0) is 16.8 Å². The molecule has 5 nitrogen and oxygen atoms in total. The van der Waals surface area contributed by atoms with Crippen LogP contribution in [0.3, 0.4) is 0 Å². The number of hydrogen-bond donors (Lipinski definition) is 2. The molecule has 1 aliphatic rings. The molecule has 0 radical (unpaired) electrons. The fourth-order valence-electron chi connectivity index (χ4n) is 4.86. The molecule has 1 fully saturated rings. The van der Waals surface area contributed by atoms with Crippen LogP contribution in [0.4, 0.5) is 0 Å². The predicted molar refractivity (Wildman–Crippen MR) is 128 cm³/mol. The van der Waals surface area contributed by atoms with Crippen LogP contribution in [0.1, 0.15) is 36.8 Å². The number of hydrogen-bond acceptors (Lipinski definition) is 3. The smallest absolute Gasteiger partial charge is 0.224 e. The minimum atomic E-state index is 0. The molecule has 0 saturated heterocycles. The standard InChI is InChI=1S/C25H31N3O2.ClH/c1-28(2)25(19-7-5-4-6-8-19)13-11-20(12-14-25)27-24(29)15-18-17-26-23-10-9-21(30-3)16-22(18)23;/h4-10,16-17,20,26H,11-15H2,1-3H3,(H,27,29);1H. The topological polar surface area (TPSA) is 57.4 Å². The number of carbonyl (C=O) groups excluding carboxylic acids is 1. The van der Waals surface area contributed by atoms with Crippen LogP contribution >= 0.6 is 12.4 Å². The number of fused-ring (bicyclic) bond motifs is 1. The Labute approximate surface area is 190 Å². The summed E-state index contributed by atoms with van der Waals surface area (Å²) in [5.74, 6) is 0.887. The predicted octanol–water partition coefficient (Wildman–Crippen LogP) is 4.66. The molecule has 0 spiro atoms. The monoisotopic (exact) mass is 441 g/mol. The average molecular weight is 442 g/mol. The molecule has 2 N–H and O–H groups in total. The van der Waals surface area contributed by atoms with Gasteiger partial charge in [0.1, 0.15) is 5.75 Å². The van der Waals surface area contributed by atoms with Crippen LogP contribution in [0.25, 0.3) is 10.9 Å². The summed E-state index contributed by atoms with van der Waals surface area (Å²) in [5, 5.41) is 4.32. The van der Waals surface area contributed by atoms with Crippen molar-refractivity contribution in [2.45, 2.75) is 43.7 Å². The van der Waals surface area contributed by atoms with Gasteiger partial charge in [-0.1, -0.05) is 30.3 Å². The first-order valence-corrected chi connectivity index (χ1v) is 10.7. The minimum Gasteiger partial charge on any atom is -0.497 e. The Kier molecular flexibility index (Phi) is 7.29. The highest BCUT2D eigenvalue weighted by Crippen LogP contribution is 2.41. The molecular formula is C25H32ClN3O2.